The van der Waals surface area contributed by atoms with E-state index in [0.717, 1.165) is 22.4 Å². The highest BCUT2D eigenvalue weighted by Crippen LogP contribution is 2.26. The van der Waals surface area contributed by atoms with Crippen molar-refractivity contribution >= 4 is 23.4 Å². The molecule has 0 heterocycles. The molecule has 0 aromatic heterocycles. The van der Waals surface area contributed by atoms with Crippen molar-refractivity contribution in [3.05, 3.63) is 58.1 Å². The lowest BCUT2D eigenvalue weighted by atomic mass is 10.1. The van der Waals surface area contributed by atoms with Gasteiger partial charge in [-0.05, 0) is 75.6 Å². The van der Waals surface area contributed by atoms with E-state index in [1.54, 1.807) is 26.2 Å². The van der Waals surface area contributed by atoms with Crippen LogP contribution < -0.4 is 14.8 Å². The molecule has 168 valence electrons. The van der Waals surface area contributed by atoms with Gasteiger partial charge in [-0.1, -0.05) is 23.7 Å². The zero-order valence-corrected chi connectivity index (χ0v) is 19.7. The number of ether oxygens (including phenoxy) is 2. The molecule has 2 amide bonds. The molecule has 0 fully saturated rings. The first-order chi connectivity index (χ1) is 14.6. The Bertz CT molecular complexity index is 889. The zero-order valence-electron chi connectivity index (χ0n) is 19.0. The van der Waals surface area contributed by atoms with Crippen molar-refractivity contribution in [1.82, 2.24) is 10.2 Å². The van der Waals surface area contributed by atoms with Gasteiger partial charge in [-0.2, -0.15) is 0 Å². The highest BCUT2D eigenvalue weighted by molar-refractivity contribution is 6.32. The van der Waals surface area contributed by atoms with E-state index in [9.17, 15) is 9.59 Å². The maximum absolute atomic E-state index is 13.1. The number of amides is 2. The summed E-state index contributed by atoms with van der Waals surface area (Å²) in [6, 6.07) is 10.3. The van der Waals surface area contributed by atoms with Crippen LogP contribution in [-0.4, -0.2) is 42.5 Å². The van der Waals surface area contributed by atoms with Gasteiger partial charge in [0.15, 0.2) is 6.61 Å². The van der Waals surface area contributed by atoms with Gasteiger partial charge in [0.1, 0.15) is 17.5 Å². The van der Waals surface area contributed by atoms with Gasteiger partial charge in [0, 0.05) is 17.6 Å². The van der Waals surface area contributed by atoms with Crippen molar-refractivity contribution in [2.75, 3.05) is 13.7 Å². The van der Waals surface area contributed by atoms with E-state index < -0.39 is 6.04 Å². The number of methoxy groups -OCH3 is 1. The van der Waals surface area contributed by atoms with Crippen LogP contribution in [0.15, 0.2) is 36.4 Å². The van der Waals surface area contributed by atoms with Gasteiger partial charge in [-0.15, -0.1) is 0 Å². The lowest BCUT2D eigenvalue weighted by molar-refractivity contribution is -0.142. The van der Waals surface area contributed by atoms with Crippen LogP contribution in [0, 0.1) is 13.8 Å². The first-order valence-electron chi connectivity index (χ1n) is 10.2. The van der Waals surface area contributed by atoms with Gasteiger partial charge in [0.2, 0.25) is 5.91 Å². The van der Waals surface area contributed by atoms with Crippen molar-refractivity contribution in [1.29, 1.82) is 0 Å². The third-order valence-corrected chi connectivity index (χ3v) is 5.48. The van der Waals surface area contributed by atoms with Crippen LogP contribution in [0.1, 0.15) is 37.5 Å². The fourth-order valence-electron chi connectivity index (χ4n) is 3.13. The Morgan fingerprint density at radius 2 is 1.61 bits per heavy atom. The van der Waals surface area contributed by atoms with Crippen molar-refractivity contribution in [3.8, 4) is 11.5 Å². The molecule has 1 N–H and O–H groups in total. The van der Waals surface area contributed by atoms with E-state index in [2.05, 4.69) is 5.32 Å². The molecular weight excluding hydrogens is 416 g/mol. The highest BCUT2D eigenvalue weighted by Gasteiger charge is 2.27. The Morgan fingerprint density at radius 1 is 1.03 bits per heavy atom. The number of carbonyl (C=O) groups excluding carboxylic acids is 2. The molecule has 1 unspecified atom stereocenters. The summed E-state index contributed by atoms with van der Waals surface area (Å²) in [4.78, 5) is 27.2. The first kappa shape index (κ1) is 24.5. The standard InChI is InChI=1S/C24H31ClN2O4/c1-15(2)26-24(29)18(5)27(13-19-7-9-20(30-6)10-8-19)22(28)14-31-21-11-16(3)23(25)17(4)12-21/h7-12,15,18H,13-14H2,1-6H3,(H,26,29). The van der Waals surface area contributed by atoms with Crippen LogP contribution in [0.4, 0.5) is 0 Å². The SMILES string of the molecule is COc1ccc(CN(C(=O)COc2cc(C)c(Cl)c(C)c2)C(C)C(=O)NC(C)C)cc1. The Labute approximate surface area is 189 Å². The fourth-order valence-corrected chi connectivity index (χ4v) is 3.24. The maximum Gasteiger partial charge on any atom is 0.261 e. The minimum atomic E-state index is -0.658. The highest BCUT2D eigenvalue weighted by atomic mass is 35.5. The zero-order chi connectivity index (χ0) is 23.1. The third kappa shape index (κ3) is 6.89. The summed E-state index contributed by atoms with van der Waals surface area (Å²) in [6.07, 6.45) is 0. The molecular formula is C24H31ClN2O4. The predicted octanol–water partition coefficient (Wildman–Crippen LogP) is 4.29. The van der Waals surface area contributed by atoms with Crippen LogP contribution in [0.5, 0.6) is 11.5 Å². The number of nitrogens with zero attached hydrogens (tertiary/aromatic N) is 1. The fraction of sp³-hybridized carbons (Fsp3) is 0.417. The quantitative estimate of drug-likeness (QED) is 0.624. The van der Waals surface area contributed by atoms with Crippen LogP contribution in [0.2, 0.25) is 5.02 Å². The molecule has 0 aliphatic carbocycles. The summed E-state index contributed by atoms with van der Waals surface area (Å²) in [5, 5.41) is 3.55. The number of benzene rings is 2. The largest absolute Gasteiger partial charge is 0.497 e. The molecule has 0 spiro atoms. The summed E-state index contributed by atoms with van der Waals surface area (Å²) in [5.41, 5.74) is 2.64. The average Bonchev–Trinajstić information content (AvgIpc) is 2.73. The second-order valence-electron chi connectivity index (χ2n) is 7.87. The number of nitrogens with one attached hydrogen (secondary N) is 1. The molecule has 0 radical (unpaired) electrons. The van der Waals surface area contributed by atoms with Crippen LogP contribution in [0.3, 0.4) is 0 Å². The van der Waals surface area contributed by atoms with E-state index in [1.165, 1.54) is 4.90 Å². The molecule has 0 aliphatic heterocycles. The maximum atomic E-state index is 13.1. The molecule has 0 saturated heterocycles. The summed E-state index contributed by atoms with van der Waals surface area (Å²) >= 11 is 6.21. The Kier molecular flexibility index (Phi) is 8.75. The van der Waals surface area contributed by atoms with E-state index in [4.69, 9.17) is 21.1 Å². The van der Waals surface area contributed by atoms with E-state index >= 15 is 0 Å². The molecule has 31 heavy (non-hydrogen) atoms. The van der Waals surface area contributed by atoms with Gasteiger partial charge in [-0.3, -0.25) is 9.59 Å². The van der Waals surface area contributed by atoms with Gasteiger partial charge in [-0.25, -0.2) is 0 Å². The summed E-state index contributed by atoms with van der Waals surface area (Å²) in [6.45, 7) is 9.35. The monoisotopic (exact) mass is 446 g/mol. The molecule has 2 aromatic rings. The molecule has 2 rings (SSSR count). The lowest BCUT2D eigenvalue weighted by Gasteiger charge is -2.29. The van der Waals surface area contributed by atoms with Gasteiger partial charge >= 0.3 is 0 Å². The van der Waals surface area contributed by atoms with E-state index in [0.29, 0.717) is 10.8 Å². The summed E-state index contributed by atoms with van der Waals surface area (Å²) in [5.74, 6) is 0.794. The summed E-state index contributed by atoms with van der Waals surface area (Å²) < 4.78 is 10.9. The van der Waals surface area contributed by atoms with Crippen LogP contribution in [0.25, 0.3) is 0 Å². The van der Waals surface area contributed by atoms with E-state index in [1.807, 2.05) is 52.0 Å². The third-order valence-electron chi connectivity index (χ3n) is 4.88. The Balaban J connectivity index is 2.18. The lowest BCUT2D eigenvalue weighted by Crippen LogP contribution is -2.50. The second-order valence-corrected chi connectivity index (χ2v) is 8.25. The number of halogens is 1. The van der Waals surface area contributed by atoms with Gasteiger partial charge in [0.25, 0.3) is 5.91 Å². The van der Waals surface area contributed by atoms with Crippen molar-refractivity contribution < 1.29 is 19.1 Å². The average molecular weight is 447 g/mol. The molecule has 0 aliphatic rings. The molecule has 1 atom stereocenters. The number of hydrogen-bond donors (Lipinski definition) is 1. The van der Waals surface area contributed by atoms with Gasteiger partial charge in [0.05, 0.1) is 7.11 Å². The normalized spacial score (nSPS) is 11.7. The number of hydrogen-bond acceptors (Lipinski definition) is 4. The number of rotatable bonds is 9. The topological polar surface area (TPSA) is 67.9 Å². The van der Waals surface area contributed by atoms with Crippen molar-refractivity contribution in [2.45, 2.75) is 53.2 Å². The minimum Gasteiger partial charge on any atom is -0.497 e. The number of aryl methyl sites for hydroxylation is 2. The molecule has 0 bridgehead atoms. The number of carbonyl (C=O) groups is 2. The molecule has 2 aromatic carbocycles. The second kappa shape index (κ2) is 11.0. The first-order valence-corrected chi connectivity index (χ1v) is 10.6. The van der Waals surface area contributed by atoms with Crippen molar-refractivity contribution in [2.24, 2.45) is 0 Å². The molecule has 0 saturated carbocycles. The minimum absolute atomic E-state index is 0.0239. The van der Waals surface area contributed by atoms with Gasteiger partial charge < -0.3 is 19.7 Å². The Hall–Kier alpha value is -2.73. The van der Waals surface area contributed by atoms with Crippen LogP contribution in [-0.2, 0) is 16.1 Å². The predicted molar refractivity (Wildman–Crippen MR) is 123 cm³/mol. The van der Waals surface area contributed by atoms with E-state index in [-0.39, 0.29) is 31.0 Å². The van der Waals surface area contributed by atoms with Crippen molar-refractivity contribution in [3.63, 3.8) is 0 Å². The Morgan fingerprint density at radius 3 is 2.13 bits per heavy atom. The van der Waals surface area contributed by atoms with Crippen LogP contribution >= 0.6 is 11.6 Å². The smallest absolute Gasteiger partial charge is 0.261 e. The molecule has 6 nitrogen and oxygen atoms in total. The molecule has 7 heteroatoms. The summed E-state index contributed by atoms with van der Waals surface area (Å²) in [7, 11) is 1.60.